The van der Waals surface area contributed by atoms with Crippen LogP contribution in [0.2, 0.25) is 0 Å². The Morgan fingerprint density at radius 2 is 2.05 bits per heavy atom. The summed E-state index contributed by atoms with van der Waals surface area (Å²) in [7, 11) is 1.58. The quantitative estimate of drug-likeness (QED) is 0.269. The monoisotopic (exact) mass is 320 g/mol. The van der Waals surface area contributed by atoms with Gasteiger partial charge in [0.05, 0.1) is 7.11 Å². The van der Waals surface area contributed by atoms with Crippen LogP contribution in [0.5, 0.6) is 5.75 Å². The molecule has 0 aromatic heterocycles. The summed E-state index contributed by atoms with van der Waals surface area (Å²) in [6, 6.07) is 6.91. The lowest BCUT2D eigenvalue weighted by Crippen LogP contribution is -1.95. The predicted octanol–water partition coefficient (Wildman–Crippen LogP) is 4.10. The van der Waals surface area contributed by atoms with Gasteiger partial charge < -0.3 is 4.74 Å². The van der Waals surface area contributed by atoms with E-state index in [0.29, 0.717) is 20.9 Å². The minimum Gasteiger partial charge on any atom is -0.497 e. The van der Waals surface area contributed by atoms with Gasteiger partial charge in [-0.1, -0.05) is 37.4 Å². The third-order valence-corrected chi connectivity index (χ3v) is 4.15. The van der Waals surface area contributed by atoms with Gasteiger partial charge in [-0.25, -0.2) is 0 Å². The summed E-state index contributed by atoms with van der Waals surface area (Å²) in [4.78, 5) is 15.7. The molecule has 0 unspecified atom stereocenters. The van der Waals surface area contributed by atoms with Gasteiger partial charge in [0.1, 0.15) is 10.1 Å². The number of aliphatic imine (C=N–C) groups is 1. The smallest absolute Gasteiger partial charge is 0.207 e. The van der Waals surface area contributed by atoms with Crippen molar-refractivity contribution in [2.24, 2.45) is 4.99 Å². The number of nitriles is 1. The second kappa shape index (κ2) is 9.27. The molecule has 0 aliphatic carbocycles. The van der Waals surface area contributed by atoms with Crippen LogP contribution in [0, 0.1) is 11.5 Å². The number of carbonyl (C=O) groups is 1. The van der Waals surface area contributed by atoms with E-state index >= 15 is 0 Å². The molecule has 110 valence electrons. The maximum absolute atomic E-state index is 12.0. The van der Waals surface area contributed by atoms with E-state index in [1.165, 1.54) is 29.6 Å². The molecule has 0 aliphatic rings. The van der Waals surface area contributed by atoms with Crippen molar-refractivity contribution in [3.63, 3.8) is 0 Å². The number of allylic oxidation sites excluding steroid dienone is 1. The normalized spacial score (nSPS) is 11.7. The van der Waals surface area contributed by atoms with E-state index in [9.17, 15) is 4.79 Å². The molecule has 0 amide bonds. The van der Waals surface area contributed by atoms with Gasteiger partial charge in [0, 0.05) is 10.8 Å². The summed E-state index contributed by atoms with van der Waals surface area (Å²) >= 11 is 2.76. The molecule has 4 nitrogen and oxygen atoms in total. The first-order valence-electron chi connectivity index (χ1n) is 6.22. The van der Waals surface area contributed by atoms with Crippen LogP contribution in [0.4, 0.5) is 0 Å². The summed E-state index contributed by atoms with van der Waals surface area (Å²) in [5.74, 6) is 0.609. The van der Waals surface area contributed by atoms with Gasteiger partial charge in [-0.15, -0.1) is 0 Å². The maximum atomic E-state index is 12.0. The third-order valence-electron chi connectivity index (χ3n) is 2.24. The van der Waals surface area contributed by atoms with Crippen molar-refractivity contribution >= 4 is 33.7 Å². The highest BCUT2D eigenvalue weighted by Crippen LogP contribution is 2.22. The highest BCUT2D eigenvalue weighted by atomic mass is 32.2. The van der Waals surface area contributed by atoms with Crippen LogP contribution in [0.3, 0.4) is 0 Å². The van der Waals surface area contributed by atoms with E-state index in [1.54, 1.807) is 43.0 Å². The zero-order valence-electron chi connectivity index (χ0n) is 12.1. The molecule has 6 heteroatoms. The highest BCUT2D eigenvalue weighted by Gasteiger charge is 2.05. The van der Waals surface area contributed by atoms with Gasteiger partial charge in [-0.3, -0.25) is 4.79 Å². The van der Waals surface area contributed by atoms with E-state index in [0.717, 1.165) is 0 Å². The molecule has 1 aromatic rings. The summed E-state index contributed by atoms with van der Waals surface area (Å²) in [5, 5.41) is 10.6. The van der Waals surface area contributed by atoms with Crippen molar-refractivity contribution in [3.8, 4) is 11.9 Å². The van der Waals surface area contributed by atoms with Crippen molar-refractivity contribution in [1.29, 1.82) is 5.26 Å². The first-order valence-corrected chi connectivity index (χ1v) is 7.97. The molecule has 0 fully saturated rings. The lowest BCUT2D eigenvalue weighted by atomic mass is 10.1. The summed E-state index contributed by atoms with van der Waals surface area (Å²) in [5.41, 5.74) is 0.586. The fourth-order valence-corrected chi connectivity index (χ4v) is 3.19. The van der Waals surface area contributed by atoms with Crippen LogP contribution in [0.1, 0.15) is 24.2 Å². The molecule has 0 saturated heterocycles. The number of hydrogen-bond acceptors (Lipinski definition) is 6. The second-order valence-electron chi connectivity index (χ2n) is 4.16. The van der Waals surface area contributed by atoms with Crippen molar-refractivity contribution in [1.82, 2.24) is 0 Å². The number of methoxy groups -OCH3 is 1. The fraction of sp³-hybridized carbons (Fsp3) is 0.267. The number of nitrogens with zero attached hydrogens (tertiary/aromatic N) is 2. The van der Waals surface area contributed by atoms with Gasteiger partial charge in [-0.2, -0.15) is 10.3 Å². The zero-order chi connectivity index (χ0) is 15.7. The first kappa shape index (κ1) is 17.3. The van der Waals surface area contributed by atoms with Gasteiger partial charge >= 0.3 is 0 Å². The molecule has 0 aliphatic heterocycles. The van der Waals surface area contributed by atoms with Crippen molar-refractivity contribution < 1.29 is 9.53 Å². The Labute approximate surface area is 133 Å². The highest BCUT2D eigenvalue weighted by molar-refractivity contribution is 8.40. The van der Waals surface area contributed by atoms with Gasteiger partial charge in [-0.05, 0) is 35.7 Å². The lowest BCUT2D eigenvalue weighted by molar-refractivity contribution is 0.104. The standard InChI is InChI=1S/C15H16N2O2S2/c1-11(2)21-15(17-10-16)20-9-8-14(18)12-4-6-13(19-3)7-5-12/h4-9,11H,1-3H3/b9-8+,17-15?. The minimum atomic E-state index is -0.101. The fourth-order valence-electron chi connectivity index (χ4n) is 1.33. The molecule has 0 heterocycles. The number of benzene rings is 1. The largest absolute Gasteiger partial charge is 0.497 e. The van der Waals surface area contributed by atoms with Crippen LogP contribution in [0.25, 0.3) is 0 Å². The molecule has 0 spiro atoms. The minimum absolute atomic E-state index is 0.101. The molecule has 1 rings (SSSR count). The van der Waals surface area contributed by atoms with E-state index in [-0.39, 0.29) is 5.78 Å². The summed E-state index contributed by atoms with van der Waals surface area (Å²) in [6.07, 6.45) is 3.24. The first-order chi connectivity index (χ1) is 10.1. The van der Waals surface area contributed by atoms with E-state index in [2.05, 4.69) is 4.99 Å². The number of ether oxygens (including phenoxy) is 1. The van der Waals surface area contributed by atoms with Crippen LogP contribution in [-0.4, -0.2) is 22.5 Å². The lowest BCUT2D eigenvalue weighted by Gasteiger charge is -2.03. The number of ketones is 1. The summed E-state index contributed by atoms with van der Waals surface area (Å²) in [6.45, 7) is 4.04. The summed E-state index contributed by atoms with van der Waals surface area (Å²) < 4.78 is 5.67. The van der Waals surface area contributed by atoms with E-state index in [1.807, 2.05) is 13.8 Å². The van der Waals surface area contributed by atoms with Gasteiger partial charge in [0.2, 0.25) is 6.19 Å². The Kier molecular flexibility index (Phi) is 7.65. The molecule has 0 atom stereocenters. The molecule has 0 bridgehead atoms. The average molecular weight is 320 g/mol. The van der Waals surface area contributed by atoms with Crippen LogP contribution < -0.4 is 4.74 Å². The molecule has 1 aromatic carbocycles. The van der Waals surface area contributed by atoms with Gasteiger partial charge in [0.15, 0.2) is 5.78 Å². The van der Waals surface area contributed by atoms with Crippen LogP contribution >= 0.6 is 23.5 Å². The van der Waals surface area contributed by atoms with Gasteiger partial charge in [0.25, 0.3) is 0 Å². The van der Waals surface area contributed by atoms with Crippen molar-refractivity contribution in [3.05, 3.63) is 41.3 Å². The molecule has 21 heavy (non-hydrogen) atoms. The SMILES string of the molecule is COc1ccc(C(=O)/C=C/SC(=NC#N)SC(C)C)cc1. The number of carbonyl (C=O) groups excluding carboxylic acids is 1. The molecule has 0 saturated carbocycles. The third kappa shape index (κ3) is 6.52. The Bertz CT molecular complexity index is 572. The molecular formula is C15H16N2O2S2. The number of hydrogen-bond donors (Lipinski definition) is 0. The number of thioether (sulfide) groups is 2. The second-order valence-corrected chi connectivity index (χ2v) is 6.88. The Morgan fingerprint density at radius 3 is 2.57 bits per heavy atom. The van der Waals surface area contributed by atoms with E-state index in [4.69, 9.17) is 10.00 Å². The maximum Gasteiger partial charge on any atom is 0.207 e. The Morgan fingerprint density at radius 1 is 1.38 bits per heavy atom. The van der Waals surface area contributed by atoms with Crippen molar-refractivity contribution in [2.45, 2.75) is 19.1 Å². The molecule has 0 radical (unpaired) electrons. The van der Waals surface area contributed by atoms with Crippen LogP contribution in [-0.2, 0) is 0 Å². The Hall–Kier alpha value is -1.71. The topological polar surface area (TPSA) is 62.4 Å². The average Bonchev–Trinajstić information content (AvgIpc) is 2.46. The van der Waals surface area contributed by atoms with Crippen LogP contribution in [0.15, 0.2) is 40.7 Å². The predicted molar refractivity (Wildman–Crippen MR) is 89.8 cm³/mol. The zero-order valence-corrected chi connectivity index (χ0v) is 13.7. The molecule has 0 N–H and O–H groups in total. The Balaban J connectivity index is 2.64. The van der Waals surface area contributed by atoms with Crippen molar-refractivity contribution in [2.75, 3.05) is 7.11 Å². The number of rotatable bonds is 5. The molecular weight excluding hydrogens is 304 g/mol. The van der Waals surface area contributed by atoms with E-state index < -0.39 is 0 Å².